The Morgan fingerprint density at radius 3 is 2.08 bits per heavy atom. The first kappa shape index (κ1) is 38.7. The molecule has 50 heavy (non-hydrogen) atoms. The fourth-order valence-corrected chi connectivity index (χ4v) is 5.50. The Labute approximate surface area is 288 Å². The lowest BCUT2D eigenvalue weighted by molar-refractivity contribution is -0.145. The number of rotatable bonds is 18. The predicted octanol–water partition coefficient (Wildman–Crippen LogP) is -2.04. The molecule has 13 N–H and O–H groups in total. The van der Waals surface area contributed by atoms with Gasteiger partial charge in [-0.25, -0.2) is 4.79 Å². The van der Waals surface area contributed by atoms with Crippen LogP contribution < -0.4 is 38.9 Å². The smallest absolute Gasteiger partial charge is 0.326 e. The van der Waals surface area contributed by atoms with Crippen LogP contribution in [0.4, 0.5) is 0 Å². The van der Waals surface area contributed by atoms with E-state index in [-0.39, 0.29) is 50.5 Å². The quantitative estimate of drug-likeness (QED) is 0.0465. The van der Waals surface area contributed by atoms with Gasteiger partial charge >= 0.3 is 5.97 Å². The molecule has 2 aromatic rings. The number of aliphatic imine (C=N–C) groups is 1. The molecule has 1 fully saturated rings. The van der Waals surface area contributed by atoms with E-state index in [4.69, 9.17) is 22.9 Å². The van der Waals surface area contributed by atoms with Gasteiger partial charge < -0.3 is 54.0 Å². The van der Waals surface area contributed by atoms with Crippen LogP contribution >= 0.6 is 0 Å². The highest BCUT2D eigenvalue weighted by Gasteiger charge is 2.39. The van der Waals surface area contributed by atoms with Crippen molar-refractivity contribution in [1.82, 2.24) is 20.9 Å². The molecule has 1 aliphatic heterocycles. The number of phenolic OH excluding ortho intramolecular Hbond substituents is 1. The molecule has 17 heteroatoms. The highest BCUT2D eigenvalue weighted by molar-refractivity contribution is 5.97. The van der Waals surface area contributed by atoms with Gasteiger partial charge in [-0.05, 0) is 48.9 Å². The van der Waals surface area contributed by atoms with Crippen LogP contribution in [0.5, 0.6) is 5.75 Å². The molecular weight excluding hydrogens is 650 g/mol. The molecule has 270 valence electrons. The molecule has 5 atom stereocenters. The maximum absolute atomic E-state index is 14.1. The summed E-state index contributed by atoms with van der Waals surface area (Å²) in [6, 6.07) is 8.50. The minimum absolute atomic E-state index is 0.00357. The minimum atomic E-state index is -1.47. The van der Waals surface area contributed by atoms with Gasteiger partial charge in [0.2, 0.25) is 29.5 Å². The summed E-state index contributed by atoms with van der Waals surface area (Å²) in [7, 11) is 0. The number of phenols is 1. The first-order valence-electron chi connectivity index (χ1n) is 16.1. The number of guanidine groups is 1. The van der Waals surface area contributed by atoms with E-state index in [1.165, 1.54) is 29.2 Å². The van der Waals surface area contributed by atoms with Crippen LogP contribution in [0.15, 0.2) is 59.6 Å². The molecule has 5 amide bonds. The molecule has 0 spiro atoms. The Balaban J connectivity index is 1.77. The van der Waals surface area contributed by atoms with Crippen molar-refractivity contribution in [1.29, 1.82) is 0 Å². The second kappa shape index (κ2) is 18.7. The molecule has 1 saturated heterocycles. The van der Waals surface area contributed by atoms with Gasteiger partial charge in [-0.15, -0.1) is 0 Å². The SMILES string of the molecule is NC(=O)C[C@H](NC(=O)[C@@H](N)CCCN=C(N)N)C(=O)N[C@@H](Cc1ccccc1)C(=O)N1CCC[C@H]1C(=O)N[C@@H](Cc1ccc(O)cc1)C(=O)O. The van der Waals surface area contributed by atoms with E-state index < -0.39 is 72.1 Å². The number of carboxylic acids is 1. The number of carbonyl (C=O) groups is 6. The lowest BCUT2D eigenvalue weighted by Gasteiger charge is -2.30. The maximum atomic E-state index is 14.1. The molecule has 2 aromatic carbocycles. The summed E-state index contributed by atoms with van der Waals surface area (Å²) >= 11 is 0. The Hall–Kier alpha value is -5.71. The molecular formula is C33H45N9O8. The number of carboxylic acid groups (broad SMARTS) is 1. The number of nitrogens with zero attached hydrogens (tertiary/aromatic N) is 2. The molecule has 3 rings (SSSR count). The number of primary amides is 1. The standard InChI is InChI=1S/C33H45N9O8/c34-22(8-4-14-38-33(36)37)28(45)39-23(18-27(35)44)29(46)40-24(16-19-6-2-1-3-7-19)31(48)42-15-5-9-26(42)30(47)41-25(32(49)50)17-20-10-12-21(43)13-11-20/h1-3,6-7,10-13,22-26,43H,4-5,8-9,14-18,34H2,(H2,35,44)(H,39,45)(H,40,46)(H,41,47)(H,49,50)(H4,36,37,38)/t22-,23-,24-,25-,26-/m0/s1. The fourth-order valence-electron chi connectivity index (χ4n) is 5.50. The molecule has 0 aliphatic carbocycles. The first-order valence-corrected chi connectivity index (χ1v) is 16.1. The molecule has 0 aromatic heterocycles. The topological polar surface area (TPSA) is 299 Å². The average Bonchev–Trinajstić information content (AvgIpc) is 3.56. The van der Waals surface area contributed by atoms with Crippen LogP contribution in [0.1, 0.15) is 43.2 Å². The van der Waals surface area contributed by atoms with E-state index >= 15 is 0 Å². The summed E-state index contributed by atoms with van der Waals surface area (Å²) < 4.78 is 0. The summed E-state index contributed by atoms with van der Waals surface area (Å²) in [6.45, 7) is 0.382. The van der Waals surface area contributed by atoms with Crippen LogP contribution in [0.3, 0.4) is 0 Å². The zero-order valence-electron chi connectivity index (χ0n) is 27.5. The van der Waals surface area contributed by atoms with Gasteiger partial charge in [-0.2, -0.15) is 0 Å². The number of aromatic hydroxyl groups is 1. The number of nitrogens with two attached hydrogens (primary N) is 4. The van der Waals surface area contributed by atoms with Gasteiger partial charge in [0.05, 0.1) is 12.5 Å². The van der Waals surface area contributed by atoms with E-state index in [2.05, 4.69) is 20.9 Å². The van der Waals surface area contributed by atoms with Crippen LogP contribution in [0.2, 0.25) is 0 Å². The summed E-state index contributed by atoms with van der Waals surface area (Å²) in [6.07, 6.45) is 0.554. The van der Waals surface area contributed by atoms with E-state index in [9.17, 15) is 39.0 Å². The summed E-state index contributed by atoms with van der Waals surface area (Å²) in [5.74, 6) is -5.20. The largest absolute Gasteiger partial charge is 0.508 e. The number of likely N-dealkylation sites (tertiary alicyclic amines) is 1. The van der Waals surface area contributed by atoms with Crippen LogP contribution in [0, 0.1) is 0 Å². The van der Waals surface area contributed by atoms with Crippen LogP contribution in [-0.2, 0) is 41.6 Å². The van der Waals surface area contributed by atoms with Crippen LogP contribution in [-0.4, -0.2) is 99.9 Å². The minimum Gasteiger partial charge on any atom is -0.508 e. The van der Waals surface area contributed by atoms with Crippen molar-refractivity contribution >= 4 is 41.5 Å². The van der Waals surface area contributed by atoms with Gasteiger partial charge in [0.25, 0.3) is 0 Å². The van der Waals surface area contributed by atoms with Gasteiger partial charge in [-0.3, -0.25) is 29.0 Å². The van der Waals surface area contributed by atoms with E-state index in [1.54, 1.807) is 30.3 Å². The van der Waals surface area contributed by atoms with E-state index in [0.29, 0.717) is 24.0 Å². The van der Waals surface area contributed by atoms with Gasteiger partial charge in [0, 0.05) is 25.9 Å². The number of nitrogens with one attached hydrogen (secondary N) is 3. The number of benzene rings is 2. The van der Waals surface area contributed by atoms with Gasteiger partial charge in [-0.1, -0.05) is 42.5 Å². The Kier molecular flexibility index (Phi) is 14.5. The monoisotopic (exact) mass is 695 g/mol. The van der Waals surface area contributed by atoms with Crippen molar-refractivity contribution < 1.29 is 39.0 Å². The van der Waals surface area contributed by atoms with Crippen molar-refractivity contribution in [3.63, 3.8) is 0 Å². The highest BCUT2D eigenvalue weighted by atomic mass is 16.4. The van der Waals surface area contributed by atoms with Crippen molar-refractivity contribution in [2.75, 3.05) is 13.1 Å². The van der Waals surface area contributed by atoms with Gasteiger partial charge in [0.15, 0.2) is 5.96 Å². The number of hydrogen-bond acceptors (Lipinski definition) is 9. The second-order valence-corrected chi connectivity index (χ2v) is 12.0. The molecule has 17 nitrogen and oxygen atoms in total. The molecule has 0 radical (unpaired) electrons. The molecule has 0 unspecified atom stereocenters. The second-order valence-electron chi connectivity index (χ2n) is 12.0. The Bertz CT molecular complexity index is 1530. The van der Waals surface area contributed by atoms with Crippen molar-refractivity contribution in [3.05, 3.63) is 65.7 Å². The highest BCUT2D eigenvalue weighted by Crippen LogP contribution is 2.21. The van der Waals surface area contributed by atoms with E-state index in [0.717, 1.165) is 0 Å². The molecule has 0 saturated carbocycles. The number of amides is 5. The summed E-state index contributed by atoms with van der Waals surface area (Å²) in [4.78, 5) is 83.0. The Morgan fingerprint density at radius 1 is 0.840 bits per heavy atom. The maximum Gasteiger partial charge on any atom is 0.326 e. The molecule has 1 heterocycles. The lowest BCUT2D eigenvalue weighted by Crippen LogP contribution is -2.59. The van der Waals surface area contributed by atoms with Crippen molar-refractivity contribution in [2.45, 2.75) is 75.2 Å². The zero-order valence-corrected chi connectivity index (χ0v) is 27.5. The first-order chi connectivity index (χ1) is 23.7. The number of aliphatic carboxylic acids is 1. The predicted molar refractivity (Wildman–Crippen MR) is 182 cm³/mol. The molecule has 0 bridgehead atoms. The molecule has 1 aliphatic rings. The number of hydrogen-bond donors (Lipinski definition) is 9. The summed E-state index contributed by atoms with van der Waals surface area (Å²) in [5.41, 5.74) is 23.2. The van der Waals surface area contributed by atoms with Gasteiger partial charge in [0.1, 0.15) is 29.9 Å². The third kappa shape index (κ3) is 12.1. The van der Waals surface area contributed by atoms with E-state index in [1.807, 2.05) is 0 Å². The lowest BCUT2D eigenvalue weighted by atomic mass is 10.0. The third-order valence-corrected chi connectivity index (χ3v) is 8.07. The number of carbonyl (C=O) groups excluding carboxylic acids is 5. The fraction of sp³-hybridized carbons (Fsp3) is 0.424. The Morgan fingerprint density at radius 2 is 1.46 bits per heavy atom. The summed E-state index contributed by atoms with van der Waals surface area (Å²) in [5, 5.41) is 26.9. The normalized spacial score (nSPS) is 16.3. The third-order valence-electron chi connectivity index (χ3n) is 8.07. The van der Waals surface area contributed by atoms with Crippen LogP contribution in [0.25, 0.3) is 0 Å². The zero-order chi connectivity index (χ0) is 36.8. The van der Waals surface area contributed by atoms with Crippen molar-refractivity contribution in [2.24, 2.45) is 27.9 Å². The average molecular weight is 696 g/mol. The van der Waals surface area contributed by atoms with Crippen molar-refractivity contribution in [3.8, 4) is 5.75 Å².